The van der Waals surface area contributed by atoms with E-state index in [1.165, 1.54) is 21.2 Å². The summed E-state index contributed by atoms with van der Waals surface area (Å²) in [7, 11) is 1.55. The molecular formula is C29H27FeP2-. The van der Waals surface area contributed by atoms with Crippen LogP contribution in [0.1, 0.15) is 6.42 Å². The monoisotopic (exact) mass is 493 g/mol. The van der Waals surface area contributed by atoms with Gasteiger partial charge in [0.05, 0.1) is 0 Å². The van der Waals surface area contributed by atoms with Crippen molar-refractivity contribution in [2.75, 3.05) is 0 Å². The third kappa shape index (κ3) is 10.9. The van der Waals surface area contributed by atoms with Gasteiger partial charge in [-0.1, -0.05) is 138 Å². The molecule has 0 aliphatic heterocycles. The minimum absolute atomic E-state index is 0. The van der Waals surface area contributed by atoms with Crippen molar-refractivity contribution in [2.24, 2.45) is 0 Å². The van der Waals surface area contributed by atoms with E-state index < -0.39 is 0 Å². The van der Waals surface area contributed by atoms with Crippen LogP contribution in [0.2, 0.25) is 0 Å². The predicted molar refractivity (Wildman–Crippen MR) is 143 cm³/mol. The third-order valence-electron chi connectivity index (χ3n) is 4.26. The molecule has 1 aliphatic carbocycles. The van der Waals surface area contributed by atoms with E-state index in [2.05, 4.69) is 133 Å². The van der Waals surface area contributed by atoms with Gasteiger partial charge in [-0.2, -0.15) is 6.08 Å². The molecule has 5 rings (SSSR count). The Morgan fingerprint density at radius 3 is 0.969 bits per heavy atom. The van der Waals surface area contributed by atoms with Crippen molar-refractivity contribution in [2.45, 2.75) is 6.42 Å². The van der Waals surface area contributed by atoms with Gasteiger partial charge in [-0.05, 0) is 21.2 Å². The summed E-state index contributed by atoms with van der Waals surface area (Å²) < 4.78 is 0. The maximum absolute atomic E-state index is 2.99. The summed E-state index contributed by atoms with van der Waals surface area (Å²) in [5, 5.41) is 5.59. The quantitative estimate of drug-likeness (QED) is 0.188. The molecule has 3 heteroatoms. The molecule has 0 aromatic heterocycles. The Morgan fingerprint density at radius 1 is 0.469 bits per heavy atom. The second kappa shape index (κ2) is 16.4. The van der Waals surface area contributed by atoms with Crippen LogP contribution in [0.4, 0.5) is 0 Å². The second-order valence-electron chi connectivity index (χ2n) is 6.72. The van der Waals surface area contributed by atoms with Gasteiger partial charge in [0.2, 0.25) is 0 Å². The van der Waals surface area contributed by atoms with Crippen LogP contribution in [0.15, 0.2) is 140 Å². The first-order valence-corrected chi connectivity index (χ1v) is 12.4. The molecule has 0 saturated carbocycles. The Balaban J connectivity index is 0.000000182. The number of rotatable bonds is 4. The van der Waals surface area contributed by atoms with Crippen molar-refractivity contribution < 1.29 is 17.1 Å². The fourth-order valence-corrected chi connectivity index (χ4v) is 4.86. The van der Waals surface area contributed by atoms with Gasteiger partial charge < -0.3 is 0 Å². The Morgan fingerprint density at radius 2 is 0.781 bits per heavy atom. The largest absolute Gasteiger partial charge is 0.273 e. The van der Waals surface area contributed by atoms with Gasteiger partial charge in [-0.15, -0.1) is 6.42 Å². The molecule has 0 bridgehead atoms. The molecule has 0 spiro atoms. The number of hydrogen-bond acceptors (Lipinski definition) is 0. The summed E-state index contributed by atoms with van der Waals surface area (Å²) in [5.74, 6) is 0. The van der Waals surface area contributed by atoms with Crippen molar-refractivity contribution >= 4 is 38.4 Å². The van der Waals surface area contributed by atoms with Gasteiger partial charge in [-0.3, -0.25) is 6.08 Å². The molecule has 0 unspecified atom stereocenters. The fraction of sp³-hybridized carbons (Fsp3) is 0.0345. The molecule has 0 N–H and O–H groups in total. The molecule has 0 fully saturated rings. The summed E-state index contributed by atoms with van der Waals surface area (Å²) in [6, 6.07) is 42.3. The molecular weight excluding hydrogens is 466 g/mol. The van der Waals surface area contributed by atoms with Crippen LogP contribution >= 0.6 is 17.2 Å². The van der Waals surface area contributed by atoms with Crippen LogP contribution in [0.5, 0.6) is 0 Å². The fourth-order valence-electron chi connectivity index (χ4n) is 2.76. The Hall–Kier alpha value is -2.26. The summed E-state index contributed by atoms with van der Waals surface area (Å²) >= 11 is 0. The summed E-state index contributed by atoms with van der Waals surface area (Å²) in [6.45, 7) is 0. The Kier molecular flexibility index (Phi) is 13.3. The number of benzene rings is 4. The van der Waals surface area contributed by atoms with E-state index in [4.69, 9.17) is 0 Å². The molecule has 0 nitrogen and oxygen atoms in total. The molecule has 162 valence electrons. The molecule has 32 heavy (non-hydrogen) atoms. The van der Waals surface area contributed by atoms with Crippen LogP contribution in [0, 0.1) is 6.08 Å². The van der Waals surface area contributed by atoms with E-state index in [-0.39, 0.29) is 17.1 Å². The minimum atomic E-state index is 0. The zero-order valence-corrected chi connectivity index (χ0v) is 20.9. The van der Waals surface area contributed by atoms with Crippen LogP contribution in [-0.2, 0) is 17.1 Å². The molecule has 4 aromatic rings. The minimum Gasteiger partial charge on any atom is -0.273 e. The van der Waals surface area contributed by atoms with Crippen LogP contribution < -0.4 is 21.2 Å². The first kappa shape index (κ1) is 26.0. The first-order valence-electron chi connectivity index (χ1n) is 10.4. The SMILES string of the molecule is [C-]1=CC=CC1.[Fe].c1ccc(Pc2ccccc2)cc1.c1ccc(Pc2ccccc2)cc1. The summed E-state index contributed by atoms with van der Waals surface area (Å²) in [5.41, 5.74) is 0. The zero-order valence-electron chi connectivity index (χ0n) is 17.8. The van der Waals surface area contributed by atoms with Crippen molar-refractivity contribution in [3.05, 3.63) is 146 Å². The molecule has 1 aliphatic rings. The van der Waals surface area contributed by atoms with E-state index in [9.17, 15) is 0 Å². The van der Waals surface area contributed by atoms with Crippen LogP contribution in [0.25, 0.3) is 0 Å². The van der Waals surface area contributed by atoms with Gasteiger partial charge in [0.1, 0.15) is 0 Å². The molecule has 4 aromatic carbocycles. The van der Waals surface area contributed by atoms with E-state index in [0.29, 0.717) is 0 Å². The maximum Gasteiger partial charge on any atom is 0 e. The zero-order chi connectivity index (χ0) is 21.4. The Bertz CT molecular complexity index is 870. The number of hydrogen-bond donors (Lipinski definition) is 0. The maximum atomic E-state index is 2.99. The van der Waals surface area contributed by atoms with E-state index >= 15 is 0 Å². The van der Waals surface area contributed by atoms with E-state index in [0.717, 1.165) is 23.6 Å². The van der Waals surface area contributed by atoms with Gasteiger partial charge in [0.25, 0.3) is 0 Å². The molecule has 0 atom stereocenters. The summed E-state index contributed by atoms with van der Waals surface area (Å²) in [4.78, 5) is 0. The van der Waals surface area contributed by atoms with Gasteiger partial charge in [0.15, 0.2) is 0 Å². The van der Waals surface area contributed by atoms with Crippen molar-refractivity contribution in [1.82, 2.24) is 0 Å². The Labute approximate surface area is 206 Å². The van der Waals surface area contributed by atoms with Crippen LogP contribution in [0.3, 0.4) is 0 Å². The predicted octanol–water partition coefficient (Wildman–Crippen LogP) is 5.93. The average molecular weight is 493 g/mol. The first-order chi connectivity index (χ1) is 15.4. The van der Waals surface area contributed by atoms with Crippen molar-refractivity contribution in [3.63, 3.8) is 0 Å². The van der Waals surface area contributed by atoms with E-state index in [1.807, 2.05) is 12.2 Å². The van der Waals surface area contributed by atoms with Gasteiger partial charge in [-0.25, -0.2) is 12.2 Å². The van der Waals surface area contributed by atoms with Gasteiger partial charge >= 0.3 is 0 Å². The normalized spacial score (nSPS) is 10.8. The van der Waals surface area contributed by atoms with Crippen molar-refractivity contribution in [1.29, 1.82) is 0 Å². The topological polar surface area (TPSA) is 0 Å². The smallest absolute Gasteiger partial charge is 0 e. The molecule has 0 saturated heterocycles. The summed E-state index contributed by atoms with van der Waals surface area (Å²) in [6.07, 6.45) is 10.0. The standard InChI is InChI=1S/2C12H11P.C5H5.Fe/c2*1-3-7-11(8-4-1)13-12-9-5-2-6-10-12;1-2-4-5-3-1;/h2*1-10,13H;1-3H,4H2;/q;;-1;. The molecule has 0 amide bonds. The van der Waals surface area contributed by atoms with Gasteiger partial charge in [0, 0.05) is 17.1 Å². The van der Waals surface area contributed by atoms with E-state index in [1.54, 1.807) is 0 Å². The average Bonchev–Trinajstić information content (AvgIpc) is 3.43. The third-order valence-corrected chi connectivity index (χ3v) is 6.75. The second-order valence-corrected chi connectivity index (χ2v) is 9.53. The molecule has 0 radical (unpaired) electrons. The van der Waals surface area contributed by atoms with Crippen LogP contribution in [-0.4, -0.2) is 0 Å². The number of allylic oxidation sites excluding steroid dienone is 4. The molecule has 0 heterocycles. The van der Waals surface area contributed by atoms with Crippen molar-refractivity contribution in [3.8, 4) is 0 Å².